The highest BCUT2D eigenvalue weighted by atomic mass is 16.2. The summed E-state index contributed by atoms with van der Waals surface area (Å²) < 4.78 is 0. The highest BCUT2D eigenvalue weighted by Crippen LogP contribution is 2.32. The molecule has 1 fully saturated rings. The van der Waals surface area contributed by atoms with Gasteiger partial charge in [0.25, 0.3) is 0 Å². The number of anilines is 2. The van der Waals surface area contributed by atoms with Gasteiger partial charge in [-0.2, -0.15) is 0 Å². The Morgan fingerprint density at radius 1 is 1.14 bits per heavy atom. The number of amides is 2. The number of benzene rings is 2. The maximum absolute atomic E-state index is 11.8. The molecule has 1 heterocycles. The molecule has 1 aliphatic heterocycles. The topological polar surface area (TPSA) is 61.4 Å². The van der Waals surface area contributed by atoms with E-state index < -0.39 is 0 Å². The SMILES string of the molecule is CC(=O)Nc1ccc(N2NC(=O)CC2c2ccccc2)cc1. The maximum atomic E-state index is 11.8. The molecule has 0 saturated carbocycles. The van der Waals surface area contributed by atoms with Gasteiger partial charge < -0.3 is 5.32 Å². The minimum Gasteiger partial charge on any atom is -0.326 e. The summed E-state index contributed by atoms with van der Waals surface area (Å²) in [5.74, 6) is -0.107. The fraction of sp³-hybridized carbons (Fsp3) is 0.176. The van der Waals surface area contributed by atoms with Crippen molar-refractivity contribution in [3.63, 3.8) is 0 Å². The van der Waals surface area contributed by atoms with Crippen molar-refractivity contribution in [2.24, 2.45) is 0 Å². The third-order valence-corrected chi connectivity index (χ3v) is 3.59. The average Bonchev–Trinajstić information content (AvgIpc) is 2.90. The van der Waals surface area contributed by atoms with E-state index in [1.165, 1.54) is 6.92 Å². The van der Waals surface area contributed by atoms with Gasteiger partial charge >= 0.3 is 0 Å². The predicted octanol–water partition coefficient (Wildman–Crippen LogP) is 2.63. The van der Waals surface area contributed by atoms with Crippen LogP contribution in [0.1, 0.15) is 24.9 Å². The van der Waals surface area contributed by atoms with Gasteiger partial charge in [-0.25, -0.2) is 0 Å². The summed E-state index contributed by atoms with van der Waals surface area (Å²) in [6, 6.07) is 17.3. The molecule has 1 atom stereocenters. The number of carbonyl (C=O) groups excluding carboxylic acids is 2. The lowest BCUT2D eigenvalue weighted by Gasteiger charge is -2.26. The Balaban J connectivity index is 1.85. The molecule has 1 saturated heterocycles. The molecule has 5 heteroatoms. The summed E-state index contributed by atoms with van der Waals surface area (Å²) in [6.45, 7) is 1.47. The molecule has 0 aromatic heterocycles. The molecule has 1 unspecified atom stereocenters. The summed E-state index contributed by atoms with van der Waals surface area (Å²) >= 11 is 0. The first-order chi connectivity index (χ1) is 10.6. The van der Waals surface area contributed by atoms with Gasteiger partial charge in [0.2, 0.25) is 11.8 Å². The van der Waals surface area contributed by atoms with Crippen molar-refractivity contribution in [3.8, 4) is 0 Å². The normalized spacial score (nSPS) is 17.2. The number of nitrogens with zero attached hydrogens (tertiary/aromatic N) is 1. The number of nitrogens with one attached hydrogen (secondary N) is 2. The molecule has 112 valence electrons. The van der Waals surface area contributed by atoms with Gasteiger partial charge in [-0.05, 0) is 29.8 Å². The van der Waals surface area contributed by atoms with E-state index in [1.54, 1.807) is 0 Å². The van der Waals surface area contributed by atoms with Crippen LogP contribution in [0.25, 0.3) is 0 Å². The second-order valence-corrected chi connectivity index (χ2v) is 5.26. The zero-order valence-electron chi connectivity index (χ0n) is 12.2. The monoisotopic (exact) mass is 295 g/mol. The van der Waals surface area contributed by atoms with Crippen LogP contribution in [0, 0.1) is 0 Å². The Hall–Kier alpha value is -2.82. The van der Waals surface area contributed by atoms with Crippen molar-refractivity contribution in [1.82, 2.24) is 5.43 Å². The Morgan fingerprint density at radius 3 is 2.45 bits per heavy atom. The molecule has 1 aliphatic rings. The van der Waals surface area contributed by atoms with Crippen molar-refractivity contribution in [1.29, 1.82) is 0 Å². The first kappa shape index (κ1) is 14.1. The van der Waals surface area contributed by atoms with Crippen LogP contribution in [-0.4, -0.2) is 11.8 Å². The lowest BCUT2D eigenvalue weighted by Crippen LogP contribution is -2.34. The number of carbonyl (C=O) groups is 2. The minimum atomic E-state index is -0.107. The molecule has 2 aromatic carbocycles. The van der Waals surface area contributed by atoms with E-state index in [1.807, 2.05) is 59.6 Å². The predicted molar refractivity (Wildman–Crippen MR) is 85.2 cm³/mol. The number of rotatable bonds is 3. The third kappa shape index (κ3) is 2.93. The number of hydrazine groups is 1. The Bertz CT molecular complexity index is 683. The fourth-order valence-corrected chi connectivity index (χ4v) is 2.62. The molecule has 3 rings (SSSR count). The molecular weight excluding hydrogens is 278 g/mol. The zero-order chi connectivity index (χ0) is 15.5. The van der Waals surface area contributed by atoms with Crippen LogP contribution in [0.15, 0.2) is 54.6 Å². The molecule has 2 amide bonds. The quantitative estimate of drug-likeness (QED) is 0.915. The van der Waals surface area contributed by atoms with Crippen LogP contribution in [0.5, 0.6) is 0 Å². The Labute approximate surface area is 128 Å². The van der Waals surface area contributed by atoms with Crippen LogP contribution < -0.4 is 15.8 Å². The van der Waals surface area contributed by atoms with Gasteiger partial charge in [-0.15, -0.1) is 0 Å². The van der Waals surface area contributed by atoms with Crippen molar-refractivity contribution in [3.05, 3.63) is 60.2 Å². The van der Waals surface area contributed by atoms with E-state index in [0.717, 1.165) is 16.9 Å². The van der Waals surface area contributed by atoms with Crippen LogP contribution in [0.4, 0.5) is 11.4 Å². The highest BCUT2D eigenvalue weighted by molar-refractivity contribution is 5.89. The van der Waals surface area contributed by atoms with Crippen LogP contribution in [0.2, 0.25) is 0 Å². The first-order valence-electron chi connectivity index (χ1n) is 7.15. The van der Waals surface area contributed by atoms with Crippen molar-refractivity contribution >= 4 is 23.2 Å². The average molecular weight is 295 g/mol. The van der Waals surface area contributed by atoms with Gasteiger partial charge in [-0.3, -0.25) is 20.0 Å². The number of hydrogen-bond donors (Lipinski definition) is 2. The number of hydrogen-bond acceptors (Lipinski definition) is 3. The van der Waals surface area contributed by atoms with Crippen molar-refractivity contribution in [2.75, 3.05) is 10.3 Å². The lowest BCUT2D eigenvalue weighted by atomic mass is 10.0. The summed E-state index contributed by atoms with van der Waals surface area (Å²) in [5, 5.41) is 4.60. The Kier molecular flexibility index (Phi) is 3.78. The maximum Gasteiger partial charge on any atom is 0.241 e. The largest absolute Gasteiger partial charge is 0.326 e. The van der Waals surface area contributed by atoms with Crippen LogP contribution in [-0.2, 0) is 9.59 Å². The van der Waals surface area contributed by atoms with Gasteiger partial charge in [0, 0.05) is 12.6 Å². The van der Waals surface area contributed by atoms with Crippen LogP contribution in [0.3, 0.4) is 0 Å². The van der Waals surface area contributed by atoms with E-state index in [2.05, 4.69) is 10.7 Å². The van der Waals surface area contributed by atoms with Gasteiger partial charge in [0.1, 0.15) is 0 Å². The highest BCUT2D eigenvalue weighted by Gasteiger charge is 2.31. The molecule has 0 radical (unpaired) electrons. The first-order valence-corrected chi connectivity index (χ1v) is 7.15. The Morgan fingerprint density at radius 2 is 1.82 bits per heavy atom. The molecule has 2 aromatic rings. The van der Waals surface area contributed by atoms with Gasteiger partial charge in [0.05, 0.1) is 18.2 Å². The third-order valence-electron chi connectivity index (χ3n) is 3.59. The summed E-state index contributed by atoms with van der Waals surface area (Å²) in [5.41, 5.74) is 5.59. The van der Waals surface area contributed by atoms with E-state index in [-0.39, 0.29) is 17.9 Å². The molecule has 22 heavy (non-hydrogen) atoms. The lowest BCUT2D eigenvalue weighted by molar-refractivity contribution is -0.119. The zero-order valence-corrected chi connectivity index (χ0v) is 12.2. The summed E-state index contributed by atoms with van der Waals surface area (Å²) in [6.07, 6.45) is 0.428. The smallest absolute Gasteiger partial charge is 0.241 e. The summed E-state index contributed by atoms with van der Waals surface area (Å²) in [7, 11) is 0. The standard InChI is InChI=1S/C17H17N3O2/c1-12(21)18-14-7-9-15(10-8-14)20-16(11-17(22)19-20)13-5-3-2-4-6-13/h2-10,16H,11H2,1H3,(H,18,21)(H,19,22). The molecule has 0 aliphatic carbocycles. The molecule has 5 nitrogen and oxygen atoms in total. The molecule has 2 N–H and O–H groups in total. The van der Waals surface area contributed by atoms with E-state index >= 15 is 0 Å². The van der Waals surface area contributed by atoms with E-state index in [0.29, 0.717) is 6.42 Å². The molecular formula is C17H17N3O2. The molecule has 0 bridgehead atoms. The fourth-order valence-electron chi connectivity index (χ4n) is 2.62. The summed E-state index contributed by atoms with van der Waals surface area (Å²) in [4.78, 5) is 22.9. The van der Waals surface area contributed by atoms with Gasteiger partial charge in [0.15, 0.2) is 0 Å². The van der Waals surface area contributed by atoms with Crippen molar-refractivity contribution < 1.29 is 9.59 Å². The van der Waals surface area contributed by atoms with E-state index in [9.17, 15) is 9.59 Å². The minimum absolute atomic E-state index is 0.000194. The second-order valence-electron chi connectivity index (χ2n) is 5.26. The van der Waals surface area contributed by atoms with Gasteiger partial charge in [-0.1, -0.05) is 30.3 Å². The van der Waals surface area contributed by atoms with Crippen LogP contribution >= 0.6 is 0 Å². The van der Waals surface area contributed by atoms with E-state index in [4.69, 9.17) is 0 Å². The van der Waals surface area contributed by atoms with Crippen molar-refractivity contribution in [2.45, 2.75) is 19.4 Å². The molecule has 0 spiro atoms. The second kappa shape index (κ2) is 5.89.